The van der Waals surface area contributed by atoms with E-state index in [-0.39, 0.29) is 22.9 Å². The van der Waals surface area contributed by atoms with Crippen molar-refractivity contribution >= 4 is 31.0 Å². The molecule has 0 aliphatic heterocycles. The van der Waals surface area contributed by atoms with E-state index in [9.17, 15) is 26.9 Å². The zero-order valence-corrected chi connectivity index (χ0v) is 12.5. The van der Waals surface area contributed by atoms with Gasteiger partial charge in [0.05, 0.1) is 15.6 Å². The van der Waals surface area contributed by atoms with Crippen LogP contribution in [0.5, 0.6) is 0 Å². The van der Waals surface area contributed by atoms with Crippen LogP contribution in [0, 0.1) is 10.1 Å². The van der Waals surface area contributed by atoms with Crippen LogP contribution in [0.25, 0.3) is 0 Å². The number of nitrogens with zero attached hydrogens (tertiary/aromatic N) is 1. The Kier molecular flexibility index (Phi) is 4.71. The van der Waals surface area contributed by atoms with E-state index < -0.39 is 30.3 Å². The van der Waals surface area contributed by atoms with E-state index in [1.165, 1.54) is 12.1 Å². The van der Waals surface area contributed by atoms with Crippen LogP contribution in [0.2, 0.25) is 0 Å². The van der Waals surface area contributed by atoms with Crippen molar-refractivity contribution in [1.82, 2.24) is 0 Å². The third-order valence-electron chi connectivity index (χ3n) is 2.38. The summed E-state index contributed by atoms with van der Waals surface area (Å²) in [4.78, 5) is 10.0. The van der Waals surface area contributed by atoms with Gasteiger partial charge in [-0.25, -0.2) is 16.8 Å². The number of benzene rings is 1. The van der Waals surface area contributed by atoms with E-state index in [1.54, 1.807) is 0 Å². The highest BCUT2D eigenvalue weighted by atomic mass is 32.2. The van der Waals surface area contributed by atoms with Crippen molar-refractivity contribution in [2.75, 3.05) is 30.1 Å². The lowest BCUT2D eigenvalue weighted by Gasteiger charge is -2.07. The molecule has 0 radical (unpaired) electrons. The topological polar surface area (TPSA) is 123 Å². The lowest BCUT2D eigenvalue weighted by Crippen LogP contribution is -2.15. The Labute approximate surface area is 116 Å². The Balaban J connectivity index is 3.06. The van der Waals surface area contributed by atoms with E-state index in [4.69, 9.17) is 0 Å². The number of anilines is 1. The van der Waals surface area contributed by atoms with Crippen LogP contribution in [0.15, 0.2) is 23.1 Å². The minimum absolute atomic E-state index is 0.00209. The molecule has 0 bridgehead atoms. The van der Waals surface area contributed by atoms with Crippen LogP contribution in [0.4, 0.5) is 11.4 Å². The van der Waals surface area contributed by atoms with Gasteiger partial charge in [0, 0.05) is 25.1 Å². The first-order valence-corrected chi connectivity index (χ1v) is 9.36. The second-order valence-corrected chi connectivity index (χ2v) is 8.54. The molecule has 0 amide bonds. The molecule has 10 heteroatoms. The van der Waals surface area contributed by atoms with E-state index in [2.05, 4.69) is 5.32 Å². The average molecular weight is 322 g/mol. The highest BCUT2D eigenvalue weighted by molar-refractivity contribution is 7.91. The number of rotatable bonds is 6. The maximum absolute atomic E-state index is 11.3. The third kappa shape index (κ3) is 4.78. The summed E-state index contributed by atoms with van der Waals surface area (Å²) in [7, 11) is -6.73. The summed E-state index contributed by atoms with van der Waals surface area (Å²) >= 11 is 0. The van der Waals surface area contributed by atoms with Crippen LogP contribution in [-0.4, -0.2) is 46.6 Å². The smallest absolute Gasteiger partial charge is 0.293 e. The predicted octanol–water partition coefficient (Wildman–Crippen LogP) is 0.455. The molecule has 0 saturated carbocycles. The molecule has 0 fully saturated rings. The zero-order valence-electron chi connectivity index (χ0n) is 10.9. The molecule has 1 aromatic carbocycles. The Morgan fingerprint density at radius 3 is 2.25 bits per heavy atom. The van der Waals surface area contributed by atoms with Crippen molar-refractivity contribution in [3.63, 3.8) is 0 Å². The number of nitro groups is 1. The van der Waals surface area contributed by atoms with Crippen LogP contribution in [0.3, 0.4) is 0 Å². The van der Waals surface area contributed by atoms with E-state index >= 15 is 0 Å². The summed E-state index contributed by atoms with van der Waals surface area (Å²) in [6, 6.07) is 3.42. The fourth-order valence-electron chi connectivity index (χ4n) is 1.41. The lowest BCUT2D eigenvalue weighted by atomic mass is 10.2. The number of hydrogen-bond acceptors (Lipinski definition) is 7. The van der Waals surface area contributed by atoms with Crippen molar-refractivity contribution < 1.29 is 21.8 Å². The maximum Gasteiger partial charge on any atom is 0.293 e. The summed E-state index contributed by atoms with van der Waals surface area (Å²) in [6.45, 7) is -0.00209. The summed E-state index contributed by atoms with van der Waals surface area (Å²) in [6.07, 6.45) is 2.00. The Bertz CT molecular complexity index is 724. The van der Waals surface area contributed by atoms with Gasteiger partial charge < -0.3 is 5.32 Å². The largest absolute Gasteiger partial charge is 0.378 e. The first-order valence-electron chi connectivity index (χ1n) is 5.41. The molecule has 0 atom stereocenters. The average Bonchev–Trinajstić information content (AvgIpc) is 2.25. The lowest BCUT2D eigenvalue weighted by molar-refractivity contribution is -0.384. The predicted molar refractivity (Wildman–Crippen MR) is 74.4 cm³/mol. The standard InChI is InChI=1S/C10H14N2O6S2/c1-19(15,16)6-5-11-9-4-3-8(20(2,17)18)7-10(9)12(13)14/h3-4,7,11H,5-6H2,1-2H3. The van der Waals surface area contributed by atoms with Gasteiger partial charge in [0.1, 0.15) is 15.5 Å². The minimum Gasteiger partial charge on any atom is -0.378 e. The number of sulfone groups is 2. The van der Waals surface area contributed by atoms with Crippen molar-refractivity contribution in [3.8, 4) is 0 Å². The van der Waals surface area contributed by atoms with Gasteiger partial charge in [0.25, 0.3) is 5.69 Å². The first-order chi connectivity index (χ1) is 9.00. The van der Waals surface area contributed by atoms with Gasteiger partial charge >= 0.3 is 0 Å². The van der Waals surface area contributed by atoms with Crippen LogP contribution in [0.1, 0.15) is 0 Å². The van der Waals surface area contributed by atoms with Gasteiger partial charge in [0.15, 0.2) is 9.84 Å². The SMILES string of the molecule is CS(=O)(=O)CCNc1ccc(S(C)(=O)=O)cc1[N+](=O)[O-]. The molecule has 0 aliphatic rings. The molecule has 0 aromatic heterocycles. The highest BCUT2D eigenvalue weighted by Gasteiger charge is 2.18. The van der Waals surface area contributed by atoms with Crippen molar-refractivity contribution in [2.24, 2.45) is 0 Å². The van der Waals surface area contributed by atoms with Gasteiger partial charge in [-0.1, -0.05) is 0 Å². The monoisotopic (exact) mass is 322 g/mol. The summed E-state index contributed by atoms with van der Waals surface area (Å²) in [5, 5.41) is 13.5. The molecule has 0 saturated heterocycles. The van der Waals surface area contributed by atoms with Gasteiger partial charge in [0.2, 0.25) is 0 Å². The van der Waals surface area contributed by atoms with Crippen LogP contribution >= 0.6 is 0 Å². The van der Waals surface area contributed by atoms with E-state index in [0.29, 0.717) is 0 Å². The minimum atomic E-state index is -3.55. The normalized spacial score (nSPS) is 12.1. The molecule has 0 heterocycles. The second-order valence-electron chi connectivity index (χ2n) is 4.26. The Hall–Kier alpha value is -1.68. The molecule has 112 valence electrons. The Morgan fingerprint density at radius 1 is 1.20 bits per heavy atom. The van der Waals surface area contributed by atoms with Gasteiger partial charge in [-0.15, -0.1) is 0 Å². The van der Waals surface area contributed by atoms with Gasteiger partial charge in [-0.2, -0.15) is 0 Å². The van der Waals surface area contributed by atoms with E-state index in [0.717, 1.165) is 18.6 Å². The second kappa shape index (κ2) is 5.75. The summed E-state index contributed by atoms with van der Waals surface area (Å²) in [5.41, 5.74) is -0.340. The molecule has 0 unspecified atom stereocenters. The maximum atomic E-state index is 11.3. The summed E-state index contributed by atoms with van der Waals surface area (Å²) in [5.74, 6) is -0.183. The fraction of sp³-hybridized carbons (Fsp3) is 0.400. The third-order valence-corrected chi connectivity index (χ3v) is 4.44. The molecule has 8 nitrogen and oxygen atoms in total. The van der Waals surface area contributed by atoms with Crippen molar-refractivity contribution in [3.05, 3.63) is 28.3 Å². The van der Waals surface area contributed by atoms with Crippen molar-refractivity contribution in [2.45, 2.75) is 4.90 Å². The van der Waals surface area contributed by atoms with Gasteiger partial charge in [-0.3, -0.25) is 10.1 Å². The molecule has 20 heavy (non-hydrogen) atoms. The molecular formula is C10H14N2O6S2. The molecule has 1 aromatic rings. The summed E-state index contributed by atoms with van der Waals surface area (Å²) < 4.78 is 44.6. The van der Waals surface area contributed by atoms with Gasteiger partial charge in [-0.05, 0) is 12.1 Å². The molecule has 0 spiro atoms. The van der Waals surface area contributed by atoms with Crippen LogP contribution < -0.4 is 5.32 Å². The van der Waals surface area contributed by atoms with Crippen LogP contribution in [-0.2, 0) is 19.7 Å². The van der Waals surface area contributed by atoms with E-state index in [1.807, 2.05) is 0 Å². The molecule has 1 N–H and O–H groups in total. The molecular weight excluding hydrogens is 308 g/mol. The first kappa shape index (κ1) is 16.4. The number of nitro benzene ring substituents is 1. The quantitative estimate of drug-likeness (QED) is 0.596. The van der Waals surface area contributed by atoms with Crippen molar-refractivity contribution in [1.29, 1.82) is 0 Å². The number of hydrogen-bond donors (Lipinski definition) is 1. The highest BCUT2D eigenvalue weighted by Crippen LogP contribution is 2.27. The zero-order chi connectivity index (χ0) is 15.6. The fourth-order valence-corrected chi connectivity index (χ4v) is 2.53. The Morgan fingerprint density at radius 2 is 1.80 bits per heavy atom. The molecule has 1 rings (SSSR count). The number of nitrogens with one attached hydrogen (secondary N) is 1. The molecule has 0 aliphatic carbocycles.